The number of carbonyl (C=O) groups excluding carboxylic acids is 2. The predicted octanol–water partition coefficient (Wildman–Crippen LogP) is 3.99. The molecule has 0 aliphatic rings. The number of carbonyl (C=O) groups is 2. The van der Waals surface area contributed by atoms with Crippen LogP contribution in [-0.4, -0.2) is 36.9 Å². The first-order valence-electron chi connectivity index (χ1n) is 8.84. The molecule has 0 spiro atoms. The van der Waals surface area contributed by atoms with E-state index in [4.69, 9.17) is 9.15 Å². The first-order valence-corrected chi connectivity index (χ1v) is 8.84. The third-order valence-corrected chi connectivity index (χ3v) is 4.45. The Hall–Kier alpha value is -3.35. The highest BCUT2D eigenvalue weighted by atomic mass is 19.1. The molecule has 146 valence electrons. The van der Waals surface area contributed by atoms with E-state index < -0.39 is 11.7 Å². The summed E-state index contributed by atoms with van der Waals surface area (Å²) in [6, 6.07) is 11.0. The summed E-state index contributed by atoms with van der Waals surface area (Å²) in [5, 5.41) is 3.29. The molecule has 0 bridgehead atoms. The second kappa shape index (κ2) is 8.12. The molecule has 2 amide bonds. The van der Waals surface area contributed by atoms with Crippen molar-refractivity contribution in [1.82, 2.24) is 4.90 Å². The SMILES string of the molecule is CCN(CC(=O)Nc1cccc(OC)c1)C(=O)c1oc2ccc(F)cc2c1C. The smallest absolute Gasteiger partial charge is 0.290 e. The van der Waals surface area contributed by atoms with Gasteiger partial charge in [0.1, 0.15) is 23.7 Å². The fourth-order valence-electron chi connectivity index (χ4n) is 2.94. The second-order valence-electron chi connectivity index (χ2n) is 6.30. The molecule has 0 aliphatic heterocycles. The molecule has 1 aromatic heterocycles. The van der Waals surface area contributed by atoms with Crippen molar-refractivity contribution >= 4 is 28.5 Å². The molecule has 2 aromatic carbocycles. The Bertz CT molecular complexity index is 1030. The van der Waals surface area contributed by atoms with Crippen LogP contribution in [0.15, 0.2) is 46.9 Å². The monoisotopic (exact) mass is 384 g/mol. The maximum absolute atomic E-state index is 13.5. The Labute approximate surface area is 161 Å². The van der Waals surface area contributed by atoms with Crippen molar-refractivity contribution in [3.63, 3.8) is 0 Å². The van der Waals surface area contributed by atoms with Gasteiger partial charge in [0.2, 0.25) is 5.91 Å². The molecule has 0 radical (unpaired) electrons. The topological polar surface area (TPSA) is 71.8 Å². The lowest BCUT2D eigenvalue weighted by Gasteiger charge is -2.19. The lowest BCUT2D eigenvalue weighted by atomic mass is 10.1. The van der Waals surface area contributed by atoms with Gasteiger partial charge in [-0.1, -0.05) is 6.07 Å². The van der Waals surface area contributed by atoms with E-state index in [9.17, 15) is 14.0 Å². The Balaban J connectivity index is 1.76. The number of amides is 2. The Morgan fingerprint density at radius 3 is 2.71 bits per heavy atom. The molecule has 1 heterocycles. The van der Waals surface area contributed by atoms with Crippen molar-refractivity contribution in [3.8, 4) is 5.75 Å². The van der Waals surface area contributed by atoms with E-state index in [-0.39, 0.29) is 18.2 Å². The van der Waals surface area contributed by atoms with E-state index in [1.54, 1.807) is 45.2 Å². The predicted molar refractivity (Wildman–Crippen MR) is 104 cm³/mol. The maximum atomic E-state index is 13.5. The zero-order valence-corrected chi connectivity index (χ0v) is 15.9. The minimum Gasteiger partial charge on any atom is -0.497 e. The van der Waals surface area contributed by atoms with Crippen LogP contribution in [-0.2, 0) is 4.79 Å². The number of anilines is 1. The van der Waals surface area contributed by atoms with Gasteiger partial charge in [0.25, 0.3) is 5.91 Å². The van der Waals surface area contributed by atoms with Gasteiger partial charge in [0.15, 0.2) is 5.76 Å². The van der Waals surface area contributed by atoms with E-state index in [0.717, 1.165) is 0 Å². The average molecular weight is 384 g/mol. The summed E-state index contributed by atoms with van der Waals surface area (Å²) >= 11 is 0. The molecule has 1 N–H and O–H groups in total. The quantitative estimate of drug-likeness (QED) is 0.698. The third kappa shape index (κ3) is 3.98. The summed E-state index contributed by atoms with van der Waals surface area (Å²) in [5.74, 6) is -0.441. The van der Waals surface area contributed by atoms with Gasteiger partial charge >= 0.3 is 0 Å². The number of furan rings is 1. The largest absolute Gasteiger partial charge is 0.497 e. The van der Waals surface area contributed by atoms with E-state index in [0.29, 0.717) is 34.5 Å². The van der Waals surface area contributed by atoms with Crippen molar-refractivity contribution in [2.75, 3.05) is 25.5 Å². The lowest BCUT2D eigenvalue weighted by molar-refractivity contribution is -0.116. The first-order chi connectivity index (χ1) is 13.4. The first kappa shape index (κ1) is 19.4. The fourth-order valence-corrected chi connectivity index (χ4v) is 2.94. The number of hydrogen-bond donors (Lipinski definition) is 1. The zero-order valence-electron chi connectivity index (χ0n) is 15.9. The molecule has 28 heavy (non-hydrogen) atoms. The summed E-state index contributed by atoms with van der Waals surface area (Å²) in [5.41, 5.74) is 1.55. The van der Waals surface area contributed by atoms with Gasteiger partial charge in [-0.2, -0.15) is 0 Å². The number of nitrogens with zero attached hydrogens (tertiary/aromatic N) is 1. The number of benzene rings is 2. The number of aryl methyl sites for hydroxylation is 1. The number of ether oxygens (including phenoxy) is 1. The average Bonchev–Trinajstić information content (AvgIpc) is 3.01. The van der Waals surface area contributed by atoms with Gasteiger partial charge < -0.3 is 19.4 Å². The van der Waals surface area contributed by atoms with Crippen LogP contribution in [0, 0.1) is 12.7 Å². The van der Waals surface area contributed by atoms with E-state index >= 15 is 0 Å². The van der Waals surface area contributed by atoms with Crippen LogP contribution in [0.3, 0.4) is 0 Å². The minimum absolute atomic E-state index is 0.108. The number of likely N-dealkylation sites (N-methyl/N-ethyl adjacent to an activating group) is 1. The molecule has 0 saturated carbocycles. The summed E-state index contributed by atoms with van der Waals surface area (Å²) < 4.78 is 24.2. The van der Waals surface area contributed by atoms with Crippen LogP contribution >= 0.6 is 0 Å². The van der Waals surface area contributed by atoms with Gasteiger partial charge in [-0.3, -0.25) is 9.59 Å². The molecule has 3 rings (SSSR count). The van der Waals surface area contributed by atoms with Crippen molar-refractivity contribution in [2.24, 2.45) is 0 Å². The van der Waals surface area contributed by atoms with Crippen LogP contribution in [0.25, 0.3) is 11.0 Å². The Kier molecular flexibility index (Phi) is 5.63. The molecule has 0 saturated heterocycles. The standard InChI is InChI=1S/C21H21FN2O4/c1-4-24(12-19(25)23-15-6-5-7-16(11-15)27-3)21(26)20-13(2)17-10-14(22)8-9-18(17)28-20/h5-11H,4,12H2,1-3H3,(H,23,25). The Morgan fingerprint density at radius 2 is 2.00 bits per heavy atom. The summed E-state index contributed by atoms with van der Waals surface area (Å²) in [7, 11) is 1.54. The van der Waals surface area contributed by atoms with Crippen LogP contribution in [0.2, 0.25) is 0 Å². The lowest BCUT2D eigenvalue weighted by Crippen LogP contribution is -2.38. The molecule has 0 atom stereocenters. The zero-order chi connectivity index (χ0) is 20.3. The van der Waals surface area contributed by atoms with Gasteiger partial charge in [-0.25, -0.2) is 4.39 Å². The molecular formula is C21H21FN2O4. The number of halogens is 1. The van der Waals surface area contributed by atoms with Crippen molar-refractivity contribution in [1.29, 1.82) is 0 Å². The number of methoxy groups -OCH3 is 1. The van der Waals surface area contributed by atoms with Gasteiger partial charge in [0, 0.05) is 29.2 Å². The van der Waals surface area contributed by atoms with Crippen molar-refractivity contribution in [2.45, 2.75) is 13.8 Å². The molecule has 3 aromatic rings. The number of fused-ring (bicyclic) bond motifs is 1. The minimum atomic E-state index is -0.419. The maximum Gasteiger partial charge on any atom is 0.290 e. The van der Waals surface area contributed by atoms with Crippen molar-refractivity contribution in [3.05, 3.63) is 59.6 Å². The summed E-state index contributed by atoms with van der Waals surface area (Å²) in [6.07, 6.45) is 0. The molecule has 0 unspecified atom stereocenters. The summed E-state index contributed by atoms with van der Waals surface area (Å²) in [6.45, 7) is 3.64. The third-order valence-electron chi connectivity index (χ3n) is 4.45. The second-order valence-corrected chi connectivity index (χ2v) is 6.30. The molecule has 6 nitrogen and oxygen atoms in total. The summed E-state index contributed by atoms with van der Waals surface area (Å²) in [4.78, 5) is 26.6. The molecule has 0 aliphatic carbocycles. The number of rotatable bonds is 6. The highest BCUT2D eigenvalue weighted by Gasteiger charge is 2.24. The molecule has 0 fully saturated rings. The number of hydrogen-bond acceptors (Lipinski definition) is 4. The Morgan fingerprint density at radius 1 is 1.21 bits per heavy atom. The van der Waals surface area contributed by atoms with Gasteiger partial charge in [-0.15, -0.1) is 0 Å². The van der Waals surface area contributed by atoms with E-state index in [1.165, 1.54) is 23.1 Å². The van der Waals surface area contributed by atoms with Gasteiger partial charge in [-0.05, 0) is 44.2 Å². The molecular weight excluding hydrogens is 363 g/mol. The van der Waals surface area contributed by atoms with E-state index in [2.05, 4.69) is 5.32 Å². The normalized spacial score (nSPS) is 10.7. The van der Waals surface area contributed by atoms with E-state index in [1.807, 2.05) is 0 Å². The van der Waals surface area contributed by atoms with Crippen LogP contribution in [0.1, 0.15) is 23.0 Å². The molecule has 7 heteroatoms. The van der Waals surface area contributed by atoms with Crippen molar-refractivity contribution < 1.29 is 23.1 Å². The van der Waals surface area contributed by atoms with Gasteiger partial charge in [0.05, 0.1) is 7.11 Å². The fraction of sp³-hybridized carbons (Fsp3) is 0.238. The van der Waals surface area contributed by atoms with Crippen LogP contribution in [0.4, 0.5) is 10.1 Å². The van der Waals surface area contributed by atoms with Crippen LogP contribution in [0.5, 0.6) is 5.75 Å². The van der Waals surface area contributed by atoms with Crippen LogP contribution < -0.4 is 10.1 Å². The highest BCUT2D eigenvalue weighted by molar-refractivity contribution is 6.01. The number of nitrogens with one attached hydrogen (secondary N) is 1. The highest BCUT2D eigenvalue weighted by Crippen LogP contribution is 2.27.